The van der Waals surface area contributed by atoms with Crippen molar-refractivity contribution >= 4 is 23.6 Å². The molecule has 0 fully saturated rings. The van der Waals surface area contributed by atoms with Crippen LogP contribution in [0.1, 0.15) is 22.3 Å². The van der Waals surface area contributed by atoms with Crippen LogP contribution >= 0.6 is 0 Å². The molecule has 0 heterocycles. The summed E-state index contributed by atoms with van der Waals surface area (Å²) in [6.45, 7) is 3.35. The topological polar surface area (TPSA) is 55.4 Å². The molecule has 0 atom stereocenters. The minimum atomic E-state index is -4.46. The monoisotopic (exact) mass is 377 g/mol. The summed E-state index contributed by atoms with van der Waals surface area (Å²) in [7, 11) is 0. The smallest absolute Gasteiger partial charge is 0.416 e. The minimum Gasteiger partial charge on any atom is -0.452 e. The van der Waals surface area contributed by atoms with Crippen molar-refractivity contribution in [1.29, 1.82) is 0 Å². The maximum atomic E-state index is 12.6. The lowest BCUT2D eigenvalue weighted by molar-refractivity contribution is -0.142. The Balaban J connectivity index is 1.87. The van der Waals surface area contributed by atoms with E-state index in [2.05, 4.69) is 5.32 Å². The molecule has 7 heteroatoms. The van der Waals surface area contributed by atoms with Gasteiger partial charge in [-0.15, -0.1) is 0 Å². The molecule has 4 nitrogen and oxygen atoms in total. The number of aryl methyl sites for hydroxylation is 2. The van der Waals surface area contributed by atoms with Crippen LogP contribution < -0.4 is 5.32 Å². The summed E-state index contributed by atoms with van der Waals surface area (Å²) in [5, 5.41) is 2.60. The van der Waals surface area contributed by atoms with Gasteiger partial charge in [0.05, 0.1) is 5.56 Å². The fraction of sp³-hybridized carbons (Fsp3) is 0.200. The number of halogens is 3. The van der Waals surface area contributed by atoms with Gasteiger partial charge in [-0.1, -0.05) is 18.2 Å². The number of ether oxygens (including phenoxy) is 1. The zero-order valence-corrected chi connectivity index (χ0v) is 14.8. The van der Waals surface area contributed by atoms with Gasteiger partial charge in [0.25, 0.3) is 5.91 Å². The van der Waals surface area contributed by atoms with Gasteiger partial charge in [-0.2, -0.15) is 13.2 Å². The zero-order valence-electron chi connectivity index (χ0n) is 14.8. The van der Waals surface area contributed by atoms with Crippen LogP contribution in [0.15, 0.2) is 48.5 Å². The van der Waals surface area contributed by atoms with Crippen molar-refractivity contribution in [2.45, 2.75) is 20.0 Å². The van der Waals surface area contributed by atoms with Crippen molar-refractivity contribution in [1.82, 2.24) is 0 Å². The van der Waals surface area contributed by atoms with Gasteiger partial charge in [0.15, 0.2) is 6.61 Å². The van der Waals surface area contributed by atoms with E-state index in [9.17, 15) is 22.8 Å². The Hall–Kier alpha value is -3.09. The molecule has 0 aliphatic carbocycles. The van der Waals surface area contributed by atoms with Crippen LogP contribution in [-0.2, 0) is 20.5 Å². The molecule has 2 aromatic carbocycles. The number of rotatable bonds is 5. The van der Waals surface area contributed by atoms with Crippen molar-refractivity contribution in [2.75, 3.05) is 11.9 Å². The summed E-state index contributed by atoms with van der Waals surface area (Å²) in [4.78, 5) is 23.4. The molecule has 2 rings (SSSR count). The van der Waals surface area contributed by atoms with E-state index in [0.717, 1.165) is 29.3 Å². The van der Waals surface area contributed by atoms with Crippen molar-refractivity contribution in [2.24, 2.45) is 0 Å². The molecule has 0 aliphatic rings. The van der Waals surface area contributed by atoms with Crippen LogP contribution in [0.3, 0.4) is 0 Å². The van der Waals surface area contributed by atoms with Gasteiger partial charge in [0.1, 0.15) is 0 Å². The highest BCUT2D eigenvalue weighted by Crippen LogP contribution is 2.29. The second-order valence-corrected chi connectivity index (χ2v) is 5.91. The summed E-state index contributed by atoms with van der Waals surface area (Å²) in [6.07, 6.45) is -2.30. The number of amides is 1. The van der Waals surface area contributed by atoms with E-state index in [1.165, 1.54) is 18.2 Å². The second kappa shape index (κ2) is 8.53. The summed E-state index contributed by atoms with van der Waals surface area (Å²) < 4.78 is 42.7. The van der Waals surface area contributed by atoms with Crippen LogP contribution in [0.4, 0.5) is 18.9 Å². The zero-order chi connectivity index (χ0) is 20.0. The third-order valence-corrected chi connectivity index (χ3v) is 3.76. The fourth-order valence-corrected chi connectivity index (χ4v) is 2.18. The Labute approximate surface area is 154 Å². The molecule has 27 heavy (non-hydrogen) atoms. The lowest BCUT2D eigenvalue weighted by Gasteiger charge is -2.08. The molecular formula is C20H18F3NO3. The molecule has 0 radical (unpaired) electrons. The molecule has 0 aliphatic heterocycles. The molecular weight excluding hydrogens is 359 g/mol. The summed E-state index contributed by atoms with van der Waals surface area (Å²) >= 11 is 0. The van der Waals surface area contributed by atoms with Crippen molar-refractivity contribution < 1.29 is 27.5 Å². The molecule has 0 saturated heterocycles. The molecule has 1 N–H and O–H groups in total. The van der Waals surface area contributed by atoms with E-state index >= 15 is 0 Å². The highest BCUT2D eigenvalue weighted by atomic mass is 19.4. The molecule has 0 aromatic heterocycles. The molecule has 0 spiro atoms. The van der Waals surface area contributed by atoms with Crippen molar-refractivity contribution in [3.05, 3.63) is 70.8 Å². The predicted molar refractivity (Wildman–Crippen MR) is 96.0 cm³/mol. The third kappa shape index (κ3) is 6.29. The average Bonchev–Trinajstić information content (AvgIpc) is 2.61. The first-order chi connectivity index (χ1) is 12.6. The van der Waals surface area contributed by atoms with Crippen LogP contribution in [0.5, 0.6) is 0 Å². The molecule has 0 unspecified atom stereocenters. The predicted octanol–water partition coefficient (Wildman–Crippen LogP) is 4.52. The Kier molecular flexibility index (Phi) is 6.39. The lowest BCUT2D eigenvalue weighted by Crippen LogP contribution is -2.20. The standard InChI is InChI=1S/C20H18F3NO3/c1-13-6-8-17(10-14(13)2)24-18(25)12-27-19(26)9-7-15-4-3-5-16(11-15)20(21,22)23/h3-11H,12H2,1-2H3,(H,24,25)/b9-7+. The normalized spacial score (nSPS) is 11.4. The Morgan fingerprint density at radius 2 is 1.81 bits per heavy atom. The van der Waals surface area contributed by atoms with Gasteiger partial charge in [-0.05, 0) is 60.9 Å². The van der Waals surface area contributed by atoms with Gasteiger partial charge < -0.3 is 10.1 Å². The fourth-order valence-electron chi connectivity index (χ4n) is 2.18. The number of nitrogens with one attached hydrogen (secondary N) is 1. The molecule has 1 amide bonds. The average molecular weight is 377 g/mol. The third-order valence-electron chi connectivity index (χ3n) is 3.76. The largest absolute Gasteiger partial charge is 0.452 e. The number of hydrogen-bond donors (Lipinski definition) is 1. The summed E-state index contributed by atoms with van der Waals surface area (Å²) in [5.74, 6) is -1.35. The van der Waals surface area contributed by atoms with Crippen LogP contribution in [-0.4, -0.2) is 18.5 Å². The molecule has 142 valence electrons. The number of esters is 1. The van der Waals surface area contributed by atoms with Crippen molar-refractivity contribution in [3.63, 3.8) is 0 Å². The van der Waals surface area contributed by atoms with E-state index in [1.54, 1.807) is 12.1 Å². The SMILES string of the molecule is Cc1ccc(NC(=O)COC(=O)/C=C/c2cccc(C(F)(F)F)c2)cc1C. The lowest BCUT2D eigenvalue weighted by atomic mass is 10.1. The summed E-state index contributed by atoms with van der Waals surface area (Å²) in [5.41, 5.74) is 2.05. The first kappa shape index (κ1) is 20.2. The first-order valence-corrected chi connectivity index (χ1v) is 8.04. The number of carbonyl (C=O) groups excluding carboxylic acids is 2. The van der Waals surface area contributed by atoms with Gasteiger partial charge in [-0.25, -0.2) is 4.79 Å². The van der Waals surface area contributed by atoms with Crippen LogP contribution in [0.2, 0.25) is 0 Å². The number of anilines is 1. The Morgan fingerprint density at radius 3 is 2.48 bits per heavy atom. The Bertz CT molecular complexity index is 873. The summed E-state index contributed by atoms with van der Waals surface area (Å²) in [6, 6.07) is 9.90. The van der Waals surface area contributed by atoms with Crippen molar-refractivity contribution in [3.8, 4) is 0 Å². The van der Waals surface area contributed by atoms with Crippen LogP contribution in [0, 0.1) is 13.8 Å². The van der Waals surface area contributed by atoms with E-state index in [0.29, 0.717) is 5.69 Å². The minimum absolute atomic E-state index is 0.196. The molecule has 0 bridgehead atoms. The highest BCUT2D eigenvalue weighted by Gasteiger charge is 2.30. The Morgan fingerprint density at radius 1 is 1.07 bits per heavy atom. The quantitative estimate of drug-likeness (QED) is 0.616. The number of alkyl halides is 3. The second-order valence-electron chi connectivity index (χ2n) is 5.91. The maximum absolute atomic E-state index is 12.6. The van der Waals surface area contributed by atoms with E-state index in [1.807, 2.05) is 19.9 Å². The number of benzene rings is 2. The first-order valence-electron chi connectivity index (χ1n) is 8.04. The molecule has 0 saturated carbocycles. The van der Waals surface area contributed by atoms with E-state index in [4.69, 9.17) is 4.74 Å². The number of carbonyl (C=O) groups is 2. The van der Waals surface area contributed by atoms with Crippen LogP contribution in [0.25, 0.3) is 6.08 Å². The maximum Gasteiger partial charge on any atom is 0.416 e. The van der Waals surface area contributed by atoms with E-state index in [-0.39, 0.29) is 5.56 Å². The molecule has 2 aromatic rings. The van der Waals surface area contributed by atoms with Gasteiger partial charge in [-0.3, -0.25) is 4.79 Å². The number of hydrogen-bond acceptors (Lipinski definition) is 3. The van der Waals surface area contributed by atoms with E-state index < -0.39 is 30.2 Å². The van der Waals surface area contributed by atoms with Gasteiger partial charge in [0, 0.05) is 11.8 Å². The highest BCUT2D eigenvalue weighted by molar-refractivity contribution is 5.94. The van der Waals surface area contributed by atoms with Gasteiger partial charge in [0.2, 0.25) is 0 Å². The van der Waals surface area contributed by atoms with Gasteiger partial charge >= 0.3 is 12.1 Å².